The van der Waals surface area contributed by atoms with Crippen LogP contribution in [0.2, 0.25) is 0 Å². The number of benzene rings is 1. The van der Waals surface area contributed by atoms with E-state index in [9.17, 15) is 27.1 Å². The van der Waals surface area contributed by atoms with E-state index in [4.69, 9.17) is 0 Å². The summed E-state index contributed by atoms with van der Waals surface area (Å²) in [5.74, 6) is -3.46. The van der Waals surface area contributed by atoms with Crippen LogP contribution in [0.4, 0.5) is 22.0 Å². The maximum Gasteiger partial charge on any atom is 0.391 e. The van der Waals surface area contributed by atoms with Crippen molar-refractivity contribution in [3.8, 4) is 0 Å². The van der Waals surface area contributed by atoms with Gasteiger partial charge in [-0.25, -0.2) is 8.78 Å². The molecule has 1 aliphatic rings. The minimum atomic E-state index is -4.17. The maximum absolute atomic E-state index is 13.1. The molecule has 1 N–H and O–H groups in total. The van der Waals surface area contributed by atoms with E-state index in [1.54, 1.807) is 0 Å². The topological polar surface area (TPSA) is 20.2 Å². The van der Waals surface area contributed by atoms with E-state index in [-0.39, 0.29) is 25.2 Å². The van der Waals surface area contributed by atoms with E-state index < -0.39 is 29.8 Å². The van der Waals surface area contributed by atoms with Gasteiger partial charge >= 0.3 is 6.18 Å². The Kier molecular flexibility index (Phi) is 4.86. The highest BCUT2D eigenvalue weighted by molar-refractivity contribution is 5.18. The molecule has 1 saturated carbocycles. The molecule has 1 aromatic carbocycles. The van der Waals surface area contributed by atoms with Gasteiger partial charge in [0.2, 0.25) is 0 Å². The van der Waals surface area contributed by atoms with Crippen molar-refractivity contribution in [2.75, 3.05) is 0 Å². The molecule has 1 aliphatic carbocycles. The number of aliphatic hydroxyl groups excluding tert-OH is 1. The van der Waals surface area contributed by atoms with Gasteiger partial charge in [-0.15, -0.1) is 0 Å². The van der Waals surface area contributed by atoms with Crippen molar-refractivity contribution in [1.29, 1.82) is 0 Å². The summed E-state index contributed by atoms with van der Waals surface area (Å²) in [6.07, 6.45) is -4.24. The molecular weight excluding hydrogens is 291 g/mol. The molecule has 1 aromatic rings. The molecule has 0 saturated heterocycles. The van der Waals surface area contributed by atoms with Crippen LogP contribution >= 0.6 is 0 Å². The molecule has 118 valence electrons. The van der Waals surface area contributed by atoms with Gasteiger partial charge in [-0.2, -0.15) is 13.2 Å². The Bertz CT molecular complexity index is 477. The standard InChI is InChI=1S/C15H17F5O/c16-12-6-1-9(7-13(12)17)8-14(21)10-2-4-11(5-3-10)15(18,19)20/h1,6-7,10-11,14,21H,2-5,8H2. The molecule has 0 aliphatic heterocycles. The lowest BCUT2D eigenvalue weighted by molar-refractivity contribution is -0.185. The smallest absolute Gasteiger partial charge is 0.391 e. The Morgan fingerprint density at radius 1 is 1.05 bits per heavy atom. The zero-order valence-corrected chi connectivity index (χ0v) is 11.3. The molecule has 1 unspecified atom stereocenters. The van der Waals surface area contributed by atoms with Gasteiger partial charge in [-0.3, -0.25) is 0 Å². The SMILES string of the molecule is OC(Cc1ccc(F)c(F)c1)C1CCC(C(F)(F)F)CC1. The van der Waals surface area contributed by atoms with Crippen LogP contribution in [0.25, 0.3) is 0 Å². The second kappa shape index (κ2) is 6.30. The van der Waals surface area contributed by atoms with Gasteiger partial charge in [0, 0.05) is 0 Å². The van der Waals surface area contributed by atoms with Gasteiger partial charge in [0.1, 0.15) is 0 Å². The molecule has 21 heavy (non-hydrogen) atoms. The predicted molar refractivity (Wildman–Crippen MR) is 67.6 cm³/mol. The lowest BCUT2D eigenvalue weighted by atomic mass is 9.78. The summed E-state index contributed by atoms with van der Waals surface area (Å²) in [4.78, 5) is 0. The highest BCUT2D eigenvalue weighted by Gasteiger charge is 2.42. The van der Waals surface area contributed by atoms with Crippen molar-refractivity contribution in [2.24, 2.45) is 11.8 Å². The Morgan fingerprint density at radius 2 is 1.67 bits per heavy atom. The first-order valence-corrected chi connectivity index (χ1v) is 6.96. The predicted octanol–water partition coefficient (Wildman–Crippen LogP) is 4.24. The minimum absolute atomic E-state index is 0.0169. The van der Waals surface area contributed by atoms with Gasteiger partial charge in [0.25, 0.3) is 0 Å². The van der Waals surface area contributed by atoms with Crippen LogP contribution in [0.1, 0.15) is 31.2 Å². The van der Waals surface area contributed by atoms with Crippen molar-refractivity contribution in [3.05, 3.63) is 35.4 Å². The summed E-state index contributed by atoms with van der Waals surface area (Å²) in [5.41, 5.74) is 0.444. The Balaban J connectivity index is 1.90. The highest BCUT2D eigenvalue weighted by atomic mass is 19.4. The second-order valence-corrected chi connectivity index (χ2v) is 5.67. The zero-order chi connectivity index (χ0) is 15.6. The van der Waals surface area contributed by atoms with E-state index in [0.717, 1.165) is 12.1 Å². The van der Waals surface area contributed by atoms with E-state index in [1.165, 1.54) is 6.07 Å². The Hall–Kier alpha value is -1.17. The van der Waals surface area contributed by atoms with E-state index in [0.29, 0.717) is 18.4 Å². The lowest BCUT2D eigenvalue weighted by Crippen LogP contribution is -2.32. The number of hydrogen-bond donors (Lipinski definition) is 1. The number of rotatable bonds is 3. The second-order valence-electron chi connectivity index (χ2n) is 5.67. The summed E-state index contributed by atoms with van der Waals surface area (Å²) < 4.78 is 63.6. The average molecular weight is 308 g/mol. The third-order valence-corrected chi connectivity index (χ3v) is 4.21. The molecular formula is C15H17F5O. The van der Waals surface area contributed by atoms with Crippen LogP contribution in [0.3, 0.4) is 0 Å². The van der Waals surface area contributed by atoms with Gasteiger partial charge in [0.05, 0.1) is 12.0 Å². The molecule has 0 spiro atoms. The molecule has 2 rings (SSSR count). The fourth-order valence-electron chi connectivity index (χ4n) is 2.91. The maximum atomic E-state index is 13.1. The number of hydrogen-bond acceptors (Lipinski definition) is 1. The number of alkyl halides is 3. The quantitative estimate of drug-likeness (QED) is 0.828. The van der Waals surface area contributed by atoms with Gasteiger partial charge in [-0.05, 0) is 55.7 Å². The molecule has 0 amide bonds. The molecule has 0 bridgehead atoms. The fraction of sp³-hybridized carbons (Fsp3) is 0.600. The van der Waals surface area contributed by atoms with Crippen molar-refractivity contribution >= 4 is 0 Å². The molecule has 0 aromatic heterocycles. The van der Waals surface area contributed by atoms with Crippen LogP contribution < -0.4 is 0 Å². The highest BCUT2D eigenvalue weighted by Crippen LogP contribution is 2.40. The van der Waals surface area contributed by atoms with E-state index in [1.807, 2.05) is 0 Å². The fourth-order valence-corrected chi connectivity index (χ4v) is 2.91. The lowest BCUT2D eigenvalue weighted by Gasteiger charge is -2.32. The number of aliphatic hydroxyl groups is 1. The van der Waals surface area contributed by atoms with Crippen LogP contribution in [0.5, 0.6) is 0 Å². The Labute approximate surface area is 119 Å². The monoisotopic (exact) mass is 308 g/mol. The molecule has 1 atom stereocenters. The van der Waals surface area contributed by atoms with E-state index >= 15 is 0 Å². The van der Waals surface area contributed by atoms with Crippen LogP contribution in [-0.4, -0.2) is 17.4 Å². The first kappa shape index (κ1) is 16.2. The van der Waals surface area contributed by atoms with Gasteiger partial charge < -0.3 is 5.11 Å². The van der Waals surface area contributed by atoms with Crippen molar-refractivity contribution < 1.29 is 27.1 Å². The van der Waals surface area contributed by atoms with Gasteiger partial charge in [0.15, 0.2) is 11.6 Å². The van der Waals surface area contributed by atoms with E-state index in [2.05, 4.69) is 0 Å². The summed E-state index contributed by atoms with van der Waals surface area (Å²) in [6, 6.07) is 3.38. The third kappa shape index (κ3) is 4.15. The van der Waals surface area contributed by atoms with Crippen LogP contribution in [0, 0.1) is 23.5 Å². The first-order chi connectivity index (χ1) is 9.77. The largest absolute Gasteiger partial charge is 0.392 e. The van der Waals surface area contributed by atoms with Crippen LogP contribution in [0.15, 0.2) is 18.2 Å². The molecule has 1 fully saturated rings. The number of halogens is 5. The summed E-state index contributed by atoms with van der Waals surface area (Å²) in [7, 11) is 0. The zero-order valence-electron chi connectivity index (χ0n) is 11.3. The molecule has 0 heterocycles. The normalized spacial score (nSPS) is 24.9. The summed E-state index contributed by atoms with van der Waals surface area (Å²) in [6.45, 7) is 0. The van der Waals surface area contributed by atoms with Crippen molar-refractivity contribution in [2.45, 2.75) is 44.4 Å². The third-order valence-electron chi connectivity index (χ3n) is 4.21. The minimum Gasteiger partial charge on any atom is -0.392 e. The summed E-state index contributed by atoms with van der Waals surface area (Å²) in [5, 5.41) is 10.1. The van der Waals surface area contributed by atoms with Gasteiger partial charge in [-0.1, -0.05) is 6.07 Å². The summed E-state index contributed by atoms with van der Waals surface area (Å²) >= 11 is 0. The Morgan fingerprint density at radius 3 is 2.19 bits per heavy atom. The average Bonchev–Trinajstić information content (AvgIpc) is 2.42. The molecule has 0 radical (unpaired) electrons. The van der Waals surface area contributed by atoms with Crippen LogP contribution in [-0.2, 0) is 6.42 Å². The molecule has 1 nitrogen and oxygen atoms in total. The van der Waals surface area contributed by atoms with Crippen molar-refractivity contribution in [3.63, 3.8) is 0 Å². The first-order valence-electron chi connectivity index (χ1n) is 6.96. The van der Waals surface area contributed by atoms with Crippen molar-refractivity contribution in [1.82, 2.24) is 0 Å². The molecule has 6 heteroatoms.